The van der Waals surface area contributed by atoms with E-state index in [1.54, 1.807) is 24.3 Å². The summed E-state index contributed by atoms with van der Waals surface area (Å²) >= 11 is 5.97. The summed E-state index contributed by atoms with van der Waals surface area (Å²) in [5, 5.41) is -0.737. The Morgan fingerprint density at radius 2 is 2.00 bits per heavy atom. The predicted molar refractivity (Wildman–Crippen MR) is 79.4 cm³/mol. The lowest BCUT2D eigenvalue weighted by atomic mass is 10.2. The molecule has 0 heterocycles. The van der Waals surface area contributed by atoms with Crippen molar-refractivity contribution < 1.29 is 17.9 Å². The van der Waals surface area contributed by atoms with E-state index >= 15 is 0 Å². The van der Waals surface area contributed by atoms with Gasteiger partial charge in [0.15, 0.2) is 15.1 Å². The first-order valence-electron chi connectivity index (χ1n) is 6.45. The van der Waals surface area contributed by atoms with Gasteiger partial charge in [0.1, 0.15) is 0 Å². The fraction of sp³-hybridized carbons (Fsp3) is 0.500. The Bertz CT molecular complexity index is 554. The SMILES string of the molecule is CCCCC(C(=O)OC)S(=O)(=O)Cc1ccccc1Cl. The Labute approximate surface area is 125 Å². The molecule has 112 valence electrons. The Kier molecular flexibility index (Phi) is 6.49. The Morgan fingerprint density at radius 3 is 2.55 bits per heavy atom. The lowest BCUT2D eigenvalue weighted by molar-refractivity contribution is -0.140. The average molecular weight is 319 g/mol. The molecule has 0 spiro atoms. The Balaban J connectivity index is 2.99. The fourth-order valence-electron chi connectivity index (χ4n) is 1.90. The zero-order valence-electron chi connectivity index (χ0n) is 11.6. The first-order valence-corrected chi connectivity index (χ1v) is 8.54. The van der Waals surface area contributed by atoms with Gasteiger partial charge in [0, 0.05) is 5.02 Å². The van der Waals surface area contributed by atoms with Crippen LogP contribution in [0.2, 0.25) is 5.02 Å². The summed E-state index contributed by atoms with van der Waals surface area (Å²) in [6, 6.07) is 6.73. The molecule has 0 aliphatic carbocycles. The fourth-order valence-corrected chi connectivity index (χ4v) is 3.98. The van der Waals surface area contributed by atoms with E-state index in [1.807, 2.05) is 6.92 Å². The van der Waals surface area contributed by atoms with E-state index in [-0.39, 0.29) is 12.2 Å². The van der Waals surface area contributed by atoms with Crippen molar-refractivity contribution in [2.45, 2.75) is 37.2 Å². The van der Waals surface area contributed by atoms with Crippen molar-refractivity contribution in [3.05, 3.63) is 34.9 Å². The Morgan fingerprint density at radius 1 is 1.35 bits per heavy atom. The number of carbonyl (C=O) groups excluding carboxylic acids is 1. The van der Waals surface area contributed by atoms with Gasteiger partial charge >= 0.3 is 5.97 Å². The normalized spacial score (nSPS) is 12.9. The molecule has 0 aliphatic rings. The van der Waals surface area contributed by atoms with E-state index in [4.69, 9.17) is 11.6 Å². The molecular weight excluding hydrogens is 300 g/mol. The summed E-state index contributed by atoms with van der Waals surface area (Å²) in [4.78, 5) is 11.7. The van der Waals surface area contributed by atoms with E-state index in [2.05, 4.69) is 4.74 Å². The van der Waals surface area contributed by atoms with Gasteiger partial charge in [-0.25, -0.2) is 8.42 Å². The second-order valence-electron chi connectivity index (χ2n) is 4.55. The molecule has 4 nitrogen and oxygen atoms in total. The van der Waals surface area contributed by atoms with Crippen LogP contribution in [0.3, 0.4) is 0 Å². The quantitative estimate of drug-likeness (QED) is 0.725. The zero-order valence-corrected chi connectivity index (χ0v) is 13.2. The van der Waals surface area contributed by atoms with Crippen molar-refractivity contribution in [3.8, 4) is 0 Å². The third kappa shape index (κ3) is 4.49. The highest BCUT2D eigenvalue weighted by Crippen LogP contribution is 2.22. The number of esters is 1. The van der Waals surface area contributed by atoms with Crippen LogP contribution in [0.1, 0.15) is 31.7 Å². The molecule has 1 aromatic rings. The first kappa shape index (κ1) is 17.0. The lowest BCUT2D eigenvalue weighted by Gasteiger charge is -2.15. The summed E-state index contributed by atoms with van der Waals surface area (Å²) in [5.74, 6) is -0.957. The highest BCUT2D eigenvalue weighted by Gasteiger charge is 2.33. The molecule has 0 saturated carbocycles. The molecule has 1 rings (SSSR count). The molecule has 0 saturated heterocycles. The summed E-state index contributed by atoms with van der Waals surface area (Å²) in [7, 11) is -2.44. The summed E-state index contributed by atoms with van der Waals surface area (Å²) < 4.78 is 29.4. The third-order valence-corrected chi connectivity index (χ3v) is 5.41. The van der Waals surface area contributed by atoms with Crippen LogP contribution in [0.5, 0.6) is 0 Å². The molecule has 6 heteroatoms. The van der Waals surface area contributed by atoms with Gasteiger partial charge in [-0.3, -0.25) is 4.79 Å². The monoisotopic (exact) mass is 318 g/mol. The van der Waals surface area contributed by atoms with Gasteiger partial charge in [0.2, 0.25) is 0 Å². The number of benzene rings is 1. The maximum absolute atomic E-state index is 12.4. The van der Waals surface area contributed by atoms with Crippen molar-refractivity contribution >= 4 is 27.4 Å². The van der Waals surface area contributed by atoms with Gasteiger partial charge in [-0.2, -0.15) is 0 Å². The molecular formula is C14H19ClO4S. The summed E-state index contributed by atoms with van der Waals surface area (Å²) in [5.41, 5.74) is 0.500. The van der Waals surface area contributed by atoms with Crippen molar-refractivity contribution in [2.24, 2.45) is 0 Å². The zero-order chi connectivity index (χ0) is 15.2. The number of sulfone groups is 1. The number of methoxy groups -OCH3 is 1. The van der Waals surface area contributed by atoms with E-state index in [0.717, 1.165) is 6.42 Å². The second kappa shape index (κ2) is 7.64. The second-order valence-corrected chi connectivity index (χ2v) is 7.14. The van der Waals surface area contributed by atoms with E-state index in [9.17, 15) is 13.2 Å². The third-order valence-electron chi connectivity index (χ3n) is 3.03. The number of rotatable bonds is 7. The average Bonchev–Trinajstić information content (AvgIpc) is 2.41. The first-order chi connectivity index (χ1) is 9.42. The number of hydrogen-bond donors (Lipinski definition) is 0. The minimum Gasteiger partial charge on any atom is -0.468 e. The molecule has 0 amide bonds. The van der Waals surface area contributed by atoms with Crippen LogP contribution < -0.4 is 0 Å². The summed E-state index contributed by atoms with van der Waals surface area (Å²) in [6.07, 6.45) is 1.74. The molecule has 1 aromatic carbocycles. The van der Waals surface area contributed by atoms with Crippen LogP contribution >= 0.6 is 11.6 Å². The van der Waals surface area contributed by atoms with Crippen LogP contribution in [0, 0.1) is 0 Å². The highest BCUT2D eigenvalue weighted by molar-refractivity contribution is 7.92. The van der Waals surface area contributed by atoms with Crippen LogP contribution in [-0.2, 0) is 25.1 Å². The largest absolute Gasteiger partial charge is 0.468 e. The van der Waals surface area contributed by atoms with Crippen molar-refractivity contribution in [1.29, 1.82) is 0 Å². The molecule has 1 unspecified atom stereocenters. The Hall–Kier alpha value is -1.07. The van der Waals surface area contributed by atoms with Gasteiger partial charge in [-0.15, -0.1) is 0 Å². The van der Waals surface area contributed by atoms with Gasteiger partial charge in [-0.1, -0.05) is 49.6 Å². The van der Waals surface area contributed by atoms with Crippen molar-refractivity contribution in [3.63, 3.8) is 0 Å². The number of ether oxygens (including phenoxy) is 1. The van der Waals surface area contributed by atoms with E-state index < -0.39 is 21.1 Å². The molecule has 20 heavy (non-hydrogen) atoms. The minimum absolute atomic E-state index is 0.254. The van der Waals surface area contributed by atoms with Crippen LogP contribution in [0.25, 0.3) is 0 Å². The lowest BCUT2D eigenvalue weighted by Crippen LogP contribution is -2.32. The standard InChI is InChI=1S/C14H19ClO4S/c1-3-4-9-13(14(16)19-2)20(17,18)10-11-7-5-6-8-12(11)15/h5-8,13H,3-4,9-10H2,1-2H3. The van der Waals surface area contributed by atoms with Gasteiger partial charge in [0.05, 0.1) is 12.9 Å². The number of halogens is 1. The molecule has 0 fully saturated rings. The maximum atomic E-state index is 12.4. The van der Waals surface area contributed by atoms with Gasteiger partial charge in [-0.05, 0) is 18.1 Å². The number of hydrogen-bond acceptors (Lipinski definition) is 4. The topological polar surface area (TPSA) is 60.4 Å². The van der Waals surface area contributed by atoms with Crippen molar-refractivity contribution in [1.82, 2.24) is 0 Å². The molecule has 1 atom stereocenters. The van der Waals surface area contributed by atoms with Crippen LogP contribution in [0.15, 0.2) is 24.3 Å². The van der Waals surface area contributed by atoms with E-state index in [1.165, 1.54) is 7.11 Å². The highest BCUT2D eigenvalue weighted by atomic mass is 35.5. The molecule has 0 N–H and O–H groups in total. The minimum atomic E-state index is -3.64. The number of unbranched alkanes of at least 4 members (excludes halogenated alkanes) is 1. The molecule has 0 aromatic heterocycles. The van der Waals surface area contributed by atoms with Gasteiger partial charge in [0.25, 0.3) is 0 Å². The smallest absolute Gasteiger partial charge is 0.324 e. The van der Waals surface area contributed by atoms with Crippen LogP contribution in [-0.4, -0.2) is 26.7 Å². The molecule has 0 bridgehead atoms. The molecule has 0 aliphatic heterocycles. The molecule has 0 radical (unpaired) electrons. The summed E-state index contributed by atoms with van der Waals surface area (Å²) in [6.45, 7) is 1.94. The van der Waals surface area contributed by atoms with Crippen molar-refractivity contribution in [2.75, 3.05) is 7.11 Å². The van der Waals surface area contributed by atoms with E-state index in [0.29, 0.717) is 17.0 Å². The number of carbonyl (C=O) groups is 1. The van der Waals surface area contributed by atoms with Crippen LogP contribution in [0.4, 0.5) is 0 Å². The predicted octanol–water partition coefficient (Wildman–Crippen LogP) is 2.99. The van der Waals surface area contributed by atoms with Gasteiger partial charge < -0.3 is 4.74 Å². The maximum Gasteiger partial charge on any atom is 0.324 e.